The predicted molar refractivity (Wildman–Crippen MR) is 89.6 cm³/mol. The molecule has 0 aliphatic rings. The lowest BCUT2D eigenvalue weighted by molar-refractivity contribution is 0.251. The molecule has 0 aliphatic heterocycles. The average molecular weight is 320 g/mol. The molecule has 0 spiro atoms. The van der Waals surface area contributed by atoms with Crippen LogP contribution in [0.1, 0.15) is 11.1 Å². The maximum atomic E-state index is 11.8. The maximum absolute atomic E-state index is 11.8. The van der Waals surface area contributed by atoms with Crippen LogP contribution in [0.25, 0.3) is 0 Å². The number of carbonyl (C=O) groups excluding carboxylic acids is 1. The first kappa shape index (κ1) is 15.3. The highest BCUT2D eigenvalue weighted by atomic mass is 35.5. The number of benzene rings is 2. The molecule has 108 valence electrons. The lowest BCUT2D eigenvalue weighted by Crippen LogP contribution is -2.28. The van der Waals surface area contributed by atoms with Crippen molar-refractivity contribution in [2.75, 3.05) is 5.32 Å². The van der Waals surface area contributed by atoms with Gasteiger partial charge in [-0.2, -0.15) is 0 Å². The van der Waals surface area contributed by atoms with Gasteiger partial charge in [0.05, 0.1) is 0 Å². The normalized spacial score (nSPS) is 9.95. The molecule has 0 saturated carbocycles. The summed E-state index contributed by atoms with van der Waals surface area (Å²) in [4.78, 5) is 12.1. The minimum atomic E-state index is -0.296. The van der Waals surface area contributed by atoms with E-state index in [1.807, 2.05) is 24.3 Å². The van der Waals surface area contributed by atoms with Crippen LogP contribution in [0, 0.1) is 0 Å². The number of carbonyl (C=O) groups is 1. The number of anilines is 1. The molecule has 0 unspecified atom stereocenters. The Labute approximate surface area is 133 Å². The molecule has 0 aliphatic carbocycles. The minimum absolute atomic E-state index is 0.296. The molecule has 0 atom stereocenters. The Morgan fingerprint density at radius 1 is 1.19 bits per heavy atom. The van der Waals surface area contributed by atoms with Crippen molar-refractivity contribution >= 4 is 40.5 Å². The average Bonchev–Trinajstić information content (AvgIpc) is 2.45. The van der Waals surface area contributed by atoms with E-state index in [0.29, 0.717) is 22.2 Å². The summed E-state index contributed by atoms with van der Waals surface area (Å²) < 4.78 is 0. The molecule has 2 rings (SSSR count). The molecule has 0 bridgehead atoms. The number of hydrogen-bond donors (Lipinski definition) is 3. The second-order valence-corrected chi connectivity index (χ2v) is 5.26. The monoisotopic (exact) mass is 319 g/mol. The van der Waals surface area contributed by atoms with Gasteiger partial charge in [0.1, 0.15) is 4.99 Å². The summed E-state index contributed by atoms with van der Waals surface area (Å²) in [7, 11) is 0. The second kappa shape index (κ2) is 7.06. The van der Waals surface area contributed by atoms with E-state index in [9.17, 15) is 4.79 Å². The zero-order valence-corrected chi connectivity index (χ0v) is 12.7. The molecule has 6 heteroatoms. The van der Waals surface area contributed by atoms with Gasteiger partial charge in [0.15, 0.2) is 0 Å². The van der Waals surface area contributed by atoms with Gasteiger partial charge in [0.25, 0.3) is 0 Å². The van der Waals surface area contributed by atoms with Crippen molar-refractivity contribution < 1.29 is 4.79 Å². The fourth-order valence-corrected chi connectivity index (χ4v) is 2.04. The minimum Gasteiger partial charge on any atom is -0.389 e. The van der Waals surface area contributed by atoms with E-state index in [0.717, 1.165) is 11.1 Å². The van der Waals surface area contributed by atoms with Crippen molar-refractivity contribution in [2.24, 2.45) is 5.73 Å². The third kappa shape index (κ3) is 4.73. The fourth-order valence-electron chi connectivity index (χ4n) is 1.71. The largest absolute Gasteiger partial charge is 0.389 e. The maximum Gasteiger partial charge on any atom is 0.319 e. The van der Waals surface area contributed by atoms with Crippen LogP contribution >= 0.6 is 23.8 Å². The summed E-state index contributed by atoms with van der Waals surface area (Å²) in [5.41, 5.74) is 7.93. The molecule has 2 aromatic rings. The van der Waals surface area contributed by atoms with Gasteiger partial charge in [-0.3, -0.25) is 0 Å². The molecule has 2 aromatic carbocycles. The summed E-state index contributed by atoms with van der Waals surface area (Å²) in [6.07, 6.45) is 0. The Balaban J connectivity index is 1.87. The quantitative estimate of drug-likeness (QED) is 0.757. The lowest BCUT2D eigenvalue weighted by atomic mass is 10.1. The first-order valence-corrected chi connectivity index (χ1v) is 7.02. The van der Waals surface area contributed by atoms with Gasteiger partial charge in [-0.1, -0.05) is 54.2 Å². The van der Waals surface area contributed by atoms with E-state index in [1.165, 1.54) is 0 Å². The van der Waals surface area contributed by atoms with Crippen molar-refractivity contribution in [3.8, 4) is 0 Å². The molecule has 0 saturated heterocycles. The van der Waals surface area contributed by atoms with E-state index in [-0.39, 0.29) is 6.03 Å². The summed E-state index contributed by atoms with van der Waals surface area (Å²) in [5.74, 6) is 0. The molecule has 21 heavy (non-hydrogen) atoms. The van der Waals surface area contributed by atoms with Crippen LogP contribution in [0.4, 0.5) is 10.5 Å². The summed E-state index contributed by atoms with van der Waals surface area (Å²) >= 11 is 10.7. The van der Waals surface area contributed by atoms with Gasteiger partial charge >= 0.3 is 6.03 Å². The summed E-state index contributed by atoms with van der Waals surface area (Å²) in [6.45, 7) is 0.407. The van der Waals surface area contributed by atoms with E-state index < -0.39 is 0 Å². The van der Waals surface area contributed by atoms with Crippen molar-refractivity contribution in [1.29, 1.82) is 0 Å². The molecule has 4 N–H and O–H groups in total. The number of urea groups is 1. The van der Waals surface area contributed by atoms with Crippen LogP contribution in [-0.2, 0) is 6.54 Å². The topological polar surface area (TPSA) is 67.1 Å². The van der Waals surface area contributed by atoms with E-state index in [2.05, 4.69) is 10.6 Å². The number of thiocarbonyl (C=S) groups is 1. The molecule has 4 nitrogen and oxygen atoms in total. The first-order valence-electron chi connectivity index (χ1n) is 6.24. The number of nitrogens with two attached hydrogens (primary N) is 1. The lowest BCUT2D eigenvalue weighted by Gasteiger charge is -2.08. The number of amides is 2. The van der Waals surface area contributed by atoms with E-state index in [1.54, 1.807) is 24.3 Å². The van der Waals surface area contributed by atoms with E-state index in [4.69, 9.17) is 29.6 Å². The molecule has 0 radical (unpaired) electrons. The molecular weight excluding hydrogens is 306 g/mol. The highest BCUT2D eigenvalue weighted by molar-refractivity contribution is 7.80. The van der Waals surface area contributed by atoms with Crippen molar-refractivity contribution in [3.05, 3.63) is 64.7 Å². The molecule has 2 amide bonds. The smallest absolute Gasteiger partial charge is 0.319 e. The number of rotatable bonds is 4. The van der Waals surface area contributed by atoms with Crippen molar-refractivity contribution in [1.82, 2.24) is 5.32 Å². The summed E-state index contributed by atoms with van der Waals surface area (Å²) in [6, 6.07) is 14.1. The van der Waals surface area contributed by atoms with Gasteiger partial charge in [-0.05, 0) is 23.8 Å². The molecule has 0 aromatic heterocycles. The molecular formula is C15H14ClN3OS. The van der Waals surface area contributed by atoms with Crippen molar-refractivity contribution in [3.63, 3.8) is 0 Å². The third-order valence-electron chi connectivity index (χ3n) is 2.77. The van der Waals surface area contributed by atoms with Gasteiger partial charge in [-0.15, -0.1) is 0 Å². The zero-order chi connectivity index (χ0) is 15.2. The van der Waals surface area contributed by atoms with Crippen molar-refractivity contribution in [2.45, 2.75) is 6.54 Å². The van der Waals surface area contributed by atoms with Crippen LogP contribution in [-0.4, -0.2) is 11.0 Å². The summed E-state index contributed by atoms with van der Waals surface area (Å²) in [5, 5.41) is 6.04. The highest BCUT2D eigenvalue weighted by Crippen LogP contribution is 2.14. The Bertz CT molecular complexity index is 658. The van der Waals surface area contributed by atoms with Crippen LogP contribution in [0.3, 0.4) is 0 Å². The van der Waals surface area contributed by atoms with E-state index >= 15 is 0 Å². The standard InChI is InChI=1S/C15H14ClN3OS/c16-12-2-1-3-13(8-12)19-15(20)18-9-10-4-6-11(7-5-10)14(17)21/h1-8H,9H2,(H2,17,21)(H2,18,19,20). The number of nitrogens with one attached hydrogen (secondary N) is 2. The Hall–Kier alpha value is -2.11. The van der Waals surface area contributed by atoms with Crippen LogP contribution in [0.5, 0.6) is 0 Å². The second-order valence-electron chi connectivity index (χ2n) is 4.38. The Kier molecular flexibility index (Phi) is 5.14. The fraction of sp³-hybridized carbons (Fsp3) is 0.0667. The molecule has 0 fully saturated rings. The Morgan fingerprint density at radius 2 is 1.90 bits per heavy atom. The number of halogens is 1. The third-order valence-corrected chi connectivity index (χ3v) is 3.24. The van der Waals surface area contributed by atoms with Gasteiger partial charge in [0, 0.05) is 22.8 Å². The zero-order valence-electron chi connectivity index (χ0n) is 11.1. The van der Waals surface area contributed by atoms with Crippen LogP contribution in [0.2, 0.25) is 5.02 Å². The first-order chi connectivity index (χ1) is 10.0. The van der Waals surface area contributed by atoms with Gasteiger partial charge in [0.2, 0.25) is 0 Å². The number of hydrogen-bond acceptors (Lipinski definition) is 2. The van der Waals surface area contributed by atoms with Gasteiger partial charge in [-0.25, -0.2) is 4.79 Å². The Morgan fingerprint density at radius 3 is 2.52 bits per heavy atom. The van der Waals surface area contributed by atoms with Gasteiger partial charge < -0.3 is 16.4 Å². The van der Waals surface area contributed by atoms with Crippen LogP contribution in [0.15, 0.2) is 48.5 Å². The molecule has 0 heterocycles. The highest BCUT2D eigenvalue weighted by Gasteiger charge is 2.03. The SMILES string of the molecule is NC(=S)c1ccc(CNC(=O)Nc2cccc(Cl)c2)cc1. The van der Waals surface area contributed by atoms with Crippen LogP contribution < -0.4 is 16.4 Å². The predicted octanol–water partition coefficient (Wildman–Crippen LogP) is 3.30.